The number of nitrogens with two attached hydrogens (primary N) is 1. The molecule has 3 N–H and O–H groups in total. The van der Waals surface area contributed by atoms with E-state index in [1.807, 2.05) is 0 Å². The van der Waals surface area contributed by atoms with Gasteiger partial charge >= 0.3 is 6.18 Å². The lowest BCUT2D eigenvalue weighted by atomic mass is 10.4. The lowest BCUT2D eigenvalue weighted by Crippen LogP contribution is -2.16. The standard InChI is InChI=1S/C7H7F3N4OS/c8-7(9,10)3-16-6-12-2-1-4(13-6)5(11)14-15/h1-2,15H,3H2,(H2,11,14). The van der Waals surface area contributed by atoms with Gasteiger partial charge in [0.2, 0.25) is 0 Å². The van der Waals surface area contributed by atoms with E-state index in [4.69, 9.17) is 10.9 Å². The second-order valence-corrected chi connectivity index (χ2v) is 3.56. The Morgan fingerprint density at radius 1 is 1.56 bits per heavy atom. The van der Waals surface area contributed by atoms with Gasteiger partial charge in [-0.2, -0.15) is 13.2 Å². The number of aromatic nitrogens is 2. The summed E-state index contributed by atoms with van der Waals surface area (Å²) in [4.78, 5) is 7.30. The minimum absolute atomic E-state index is 0.0715. The van der Waals surface area contributed by atoms with Crippen molar-refractivity contribution < 1.29 is 18.4 Å². The molecule has 88 valence electrons. The minimum Gasteiger partial charge on any atom is -0.409 e. The number of amidine groups is 1. The second-order valence-electron chi connectivity index (χ2n) is 2.61. The van der Waals surface area contributed by atoms with Crippen LogP contribution in [0.2, 0.25) is 0 Å². The molecule has 1 heterocycles. The topological polar surface area (TPSA) is 84.4 Å². The number of hydrogen-bond acceptors (Lipinski definition) is 5. The van der Waals surface area contributed by atoms with Gasteiger partial charge < -0.3 is 10.9 Å². The Bertz CT molecular complexity index is 395. The molecule has 16 heavy (non-hydrogen) atoms. The van der Waals surface area contributed by atoms with Crippen LogP contribution in [0, 0.1) is 0 Å². The maximum absolute atomic E-state index is 11.9. The third-order valence-corrected chi connectivity index (χ3v) is 2.30. The average molecular weight is 252 g/mol. The van der Waals surface area contributed by atoms with Crippen LogP contribution >= 0.6 is 11.8 Å². The highest BCUT2D eigenvalue weighted by molar-refractivity contribution is 7.99. The van der Waals surface area contributed by atoms with Crippen molar-refractivity contribution in [1.29, 1.82) is 0 Å². The summed E-state index contributed by atoms with van der Waals surface area (Å²) in [7, 11) is 0. The van der Waals surface area contributed by atoms with Gasteiger partial charge in [0.05, 0.1) is 5.75 Å². The molecule has 0 aromatic carbocycles. The van der Waals surface area contributed by atoms with Crippen LogP contribution in [-0.4, -0.2) is 32.9 Å². The van der Waals surface area contributed by atoms with E-state index < -0.39 is 11.9 Å². The van der Waals surface area contributed by atoms with Crippen molar-refractivity contribution in [2.75, 3.05) is 5.75 Å². The Morgan fingerprint density at radius 3 is 2.81 bits per heavy atom. The third kappa shape index (κ3) is 3.93. The Labute approximate surface area is 92.6 Å². The molecular formula is C7H7F3N4OS. The van der Waals surface area contributed by atoms with Crippen LogP contribution in [0.3, 0.4) is 0 Å². The van der Waals surface area contributed by atoms with Crippen LogP contribution in [0.1, 0.15) is 5.69 Å². The fourth-order valence-corrected chi connectivity index (χ4v) is 1.34. The van der Waals surface area contributed by atoms with Gasteiger partial charge in [-0.15, -0.1) is 0 Å². The zero-order chi connectivity index (χ0) is 12.2. The van der Waals surface area contributed by atoms with E-state index in [1.165, 1.54) is 12.3 Å². The number of halogens is 3. The number of hydrogen-bond donors (Lipinski definition) is 2. The van der Waals surface area contributed by atoms with E-state index >= 15 is 0 Å². The fourth-order valence-electron chi connectivity index (χ4n) is 0.751. The summed E-state index contributed by atoms with van der Waals surface area (Å²) < 4.78 is 35.7. The Hall–Kier alpha value is -1.51. The highest BCUT2D eigenvalue weighted by Crippen LogP contribution is 2.24. The molecule has 1 aromatic rings. The van der Waals surface area contributed by atoms with Gasteiger partial charge in [-0.1, -0.05) is 16.9 Å². The predicted molar refractivity (Wildman–Crippen MR) is 51.3 cm³/mol. The second kappa shape index (κ2) is 5.01. The first-order valence-electron chi connectivity index (χ1n) is 3.93. The highest BCUT2D eigenvalue weighted by Gasteiger charge is 2.27. The molecule has 0 bridgehead atoms. The highest BCUT2D eigenvalue weighted by atomic mass is 32.2. The van der Waals surface area contributed by atoms with Crippen LogP contribution in [0.15, 0.2) is 22.6 Å². The number of rotatable bonds is 3. The van der Waals surface area contributed by atoms with Crippen molar-refractivity contribution in [2.24, 2.45) is 10.9 Å². The van der Waals surface area contributed by atoms with Crippen molar-refractivity contribution in [3.05, 3.63) is 18.0 Å². The van der Waals surface area contributed by atoms with Gasteiger partial charge in [0.15, 0.2) is 11.0 Å². The molecule has 0 saturated carbocycles. The van der Waals surface area contributed by atoms with E-state index in [9.17, 15) is 13.2 Å². The number of thioether (sulfide) groups is 1. The summed E-state index contributed by atoms with van der Waals surface area (Å²) in [6, 6.07) is 1.33. The van der Waals surface area contributed by atoms with Crippen molar-refractivity contribution in [3.63, 3.8) is 0 Å². The molecule has 0 unspecified atom stereocenters. The van der Waals surface area contributed by atoms with Crippen LogP contribution in [0.5, 0.6) is 0 Å². The normalized spacial score (nSPS) is 12.8. The van der Waals surface area contributed by atoms with Gasteiger partial charge in [0.25, 0.3) is 0 Å². The Balaban J connectivity index is 2.76. The van der Waals surface area contributed by atoms with Gasteiger partial charge in [0, 0.05) is 6.20 Å². The maximum atomic E-state index is 11.9. The third-order valence-electron chi connectivity index (χ3n) is 1.37. The summed E-state index contributed by atoms with van der Waals surface area (Å²) in [5, 5.41) is 11.0. The van der Waals surface area contributed by atoms with Crippen molar-refractivity contribution in [1.82, 2.24) is 9.97 Å². The molecule has 0 amide bonds. The molecule has 0 aliphatic heterocycles. The zero-order valence-corrected chi connectivity index (χ0v) is 8.59. The molecule has 0 fully saturated rings. The number of nitrogens with zero attached hydrogens (tertiary/aromatic N) is 3. The van der Waals surface area contributed by atoms with E-state index in [0.717, 1.165) is 0 Å². The minimum atomic E-state index is -4.29. The molecule has 5 nitrogen and oxygen atoms in total. The summed E-state index contributed by atoms with van der Waals surface area (Å²) in [5.41, 5.74) is 5.29. The van der Waals surface area contributed by atoms with Crippen molar-refractivity contribution >= 4 is 17.6 Å². The van der Waals surface area contributed by atoms with Crippen molar-refractivity contribution in [3.8, 4) is 0 Å². The molecule has 1 aromatic heterocycles. The zero-order valence-electron chi connectivity index (χ0n) is 7.77. The van der Waals surface area contributed by atoms with Gasteiger partial charge in [-0.25, -0.2) is 9.97 Å². The molecule has 0 atom stereocenters. The quantitative estimate of drug-likeness (QED) is 0.211. The Kier molecular flexibility index (Phi) is 3.93. The van der Waals surface area contributed by atoms with E-state index in [0.29, 0.717) is 11.8 Å². The molecule has 0 saturated heterocycles. The summed E-state index contributed by atoms with van der Waals surface area (Å²) in [6.45, 7) is 0. The largest absolute Gasteiger partial charge is 0.409 e. The molecule has 0 spiro atoms. The molecule has 0 aliphatic carbocycles. The molecule has 0 aliphatic rings. The van der Waals surface area contributed by atoms with Crippen molar-refractivity contribution in [2.45, 2.75) is 11.3 Å². The van der Waals surface area contributed by atoms with E-state index in [-0.39, 0.29) is 16.7 Å². The summed E-state index contributed by atoms with van der Waals surface area (Å²) >= 11 is 0.430. The maximum Gasteiger partial charge on any atom is 0.398 e. The predicted octanol–water partition coefficient (Wildman–Crippen LogP) is 1.23. The average Bonchev–Trinajstić information content (AvgIpc) is 2.25. The van der Waals surface area contributed by atoms with Crippen LogP contribution in [0.25, 0.3) is 0 Å². The SMILES string of the molecule is NC(=NO)c1ccnc(SCC(F)(F)F)n1. The first kappa shape index (κ1) is 12.6. The molecular weight excluding hydrogens is 245 g/mol. The van der Waals surface area contributed by atoms with E-state index in [2.05, 4.69) is 15.1 Å². The first-order valence-corrected chi connectivity index (χ1v) is 4.91. The van der Waals surface area contributed by atoms with Gasteiger partial charge in [-0.05, 0) is 6.07 Å². The van der Waals surface area contributed by atoms with E-state index in [1.54, 1.807) is 0 Å². The molecule has 1 rings (SSSR count). The summed E-state index contributed by atoms with van der Waals surface area (Å²) in [6.07, 6.45) is -3.06. The number of alkyl halides is 3. The lowest BCUT2D eigenvalue weighted by Gasteiger charge is -2.05. The molecule has 9 heteroatoms. The van der Waals surface area contributed by atoms with Gasteiger partial charge in [0.1, 0.15) is 5.69 Å². The van der Waals surface area contributed by atoms with Crippen LogP contribution in [0.4, 0.5) is 13.2 Å². The fraction of sp³-hybridized carbons (Fsp3) is 0.286. The monoisotopic (exact) mass is 252 g/mol. The lowest BCUT2D eigenvalue weighted by molar-refractivity contribution is -0.105. The van der Waals surface area contributed by atoms with Crippen LogP contribution in [-0.2, 0) is 0 Å². The van der Waals surface area contributed by atoms with Crippen LogP contribution < -0.4 is 5.73 Å². The molecule has 0 radical (unpaired) electrons. The summed E-state index contributed by atoms with van der Waals surface area (Å²) in [5.74, 6) is -1.37. The smallest absolute Gasteiger partial charge is 0.398 e. The number of oxime groups is 1. The first-order chi connectivity index (χ1) is 7.42. The van der Waals surface area contributed by atoms with Gasteiger partial charge in [-0.3, -0.25) is 0 Å². The Morgan fingerprint density at radius 2 is 2.25 bits per heavy atom.